The van der Waals surface area contributed by atoms with Crippen molar-refractivity contribution >= 4 is 23.3 Å². The van der Waals surface area contributed by atoms with Crippen molar-refractivity contribution in [2.75, 3.05) is 6.54 Å². The molecule has 26 heavy (non-hydrogen) atoms. The molecule has 0 saturated carbocycles. The minimum Gasteiger partial charge on any atom is -0.338 e. The van der Waals surface area contributed by atoms with E-state index in [-0.39, 0.29) is 41.5 Å². The lowest BCUT2D eigenvalue weighted by Gasteiger charge is -2.39. The van der Waals surface area contributed by atoms with Gasteiger partial charge < -0.3 is 4.90 Å². The molecule has 1 aromatic carbocycles. The Balaban J connectivity index is 2.31. The minimum absolute atomic E-state index is 0.00522. The molecule has 0 N–H and O–H groups in total. The van der Waals surface area contributed by atoms with Crippen LogP contribution in [0.15, 0.2) is 18.2 Å². The van der Waals surface area contributed by atoms with Crippen molar-refractivity contribution in [2.24, 2.45) is 5.92 Å². The normalized spacial score (nSPS) is 16.6. The average Bonchev–Trinajstić information content (AvgIpc) is 2.57. The van der Waals surface area contributed by atoms with Crippen molar-refractivity contribution in [3.8, 4) is 0 Å². The van der Waals surface area contributed by atoms with Gasteiger partial charge in [-0.25, -0.2) is 0 Å². The maximum absolute atomic E-state index is 12.7. The number of fused-ring (bicyclic) bond motifs is 1. The topological polar surface area (TPSA) is 71.5 Å². The fourth-order valence-corrected chi connectivity index (χ4v) is 3.64. The molecule has 1 aliphatic rings. The third-order valence-corrected chi connectivity index (χ3v) is 5.17. The van der Waals surface area contributed by atoms with E-state index in [1.165, 1.54) is 6.92 Å². The number of Topliss-reactive ketones (excluding diaryl/α,β-unsaturated/α-hetero) is 3. The summed E-state index contributed by atoms with van der Waals surface area (Å²) < 4.78 is 0. The Morgan fingerprint density at radius 2 is 1.81 bits per heavy atom. The number of amides is 1. The van der Waals surface area contributed by atoms with E-state index < -0.39 is 5.92 Å². The predicted octanol–water partition coefficient (Wildman–Crippen LogP) is 3.08. The van der Waals surface area contributed by atoms with Crippen molar-refractivity contribution < 1.29 is 19.2 Å². The number of ketones is 3. The summed E-state index contributed by atoms with van der Waals surface area (Å²) in [6.07, 6.45) is 0.143. The summed E-state index contributed by atoms with van der Waals surface area (Å²) in [5, 5.41) is 0. The fraction of sp³-hybridized carbons (Fsp3) is 0.524. The highest BCUT2D eigenvalue weighted by atomic mass is 16.2. The van der Waals surface area contributed by atoms with Gasteiger partial charge in [-0.3, -0.25) is 19.2 Å². The van der Waals surface area contributed by atoms with Gasteiger partial charge in [0.25, 0.3) is 0 Å². The Morgan fingerprint density at radius 1 is 1.15 bits per heavy atom. The van der Waals surface area contributed by atoms with Gasteiger partial charge in [0.15, 0.2) is 5.78 Å². The van der Waals surface area contributed by atoms with Crippen molar-refractivity contribution in [3.63, 3.8) is 0 Å². The van der Waals surface area contributed by atoms with Crippen LogP contribution in [0.5, 0.6) is 0 Å². The van der Waals surface area contributed by atoms with Crippen LogP contribution < -0.4 is 0 Å². The van der Waals surface area contributed by atoms with Gasteiger partial charge in [0, 0.05) is 43.8 Å². The molecule has 2 rings (SSSR count). The Hall–Kier alpha value is -2.30. The van der Waals surface area contributed by atoms with E-state index >= 15 is 0 Å². The van der Waals surface area contributed by atoms with Gasteiger partial charge >= 0.3 is 0 Å². The van der Waals surface area contributed by atoms with E-state index in [9.17, 15) is 19.2 Å². The lowest BCUT2D eigenvalue weighted by atomic mass is 9.77. The molecule has 1 amide bonds. The summed E-state index contributed by atoms with van der Waals surface area (Å²) >= 11 is 0. The summed E-state index contributed by atoms with van der Waals surface area (Å²) in [5.74, 6) is -1.55. The van der Waals surface area contributed by atoms with Crippen molar-refractivity contribution in [3.05, 3.63) is 34.9 Å². The molecule has 1 aromatic rings. The number of carbonyl (C=O) groups excluding carboxylic acids is 4. The summed E-state index contributed by atoms with van der Waals surface area (Å²) in [6.45, 7) is 9.86. The molecule has 5 nitrogen and oxygen atoms in total. The number of hydrogen-bond acceptors (Lipinski definition) is 4. The molecule has 1 unspecified atom stereocenters. The van der Waals surface area contributed by atoms with Gasteiger partial charge in [-0.2, -0.15) is 0 Å². The second-order valence-electron chi connectivity index (χ2n) is 7.74. The summed E-state index contributed by atoms with van der Waals surface area (Å²) in [5.41, 5.74) is 2.36. The molecule has 5 heteroatoms. The van der Waals surface area contributed by atoms with Crippen LogP contribution in [0.25, 0.3) is 0 Å². The standard InChI is InChI=1S/C21H27NO4/c1-6-19(25)17(13(2)23)10-20(26)15-7-8-18-16(9-15)11-22(14(3)24)12-21(18,4)5/h7-9,17H,6,10-12H2,1-5H3. The number of hydrogen-bond donors (Lipinski definition) is 0. The zero-order valence-corrected chi connectivity index (χ0v) is 16.2. The van der Waals surface area contributed by atoms with Crippen LogP contribution in [-0.2, 0) is 26.3 Å². The number of rotatable bonds is 6. The maximum Gasteiger partial charge on any atom is 0.219 e. The molecule has 0 aliphatic carbocycles. The zero-order valence-electron chi connectivity index (χ0n) is 16.2. The van der Waals surface area contributed by atoms with E-state index in [1.54, 1.807) is 24.8 Å². The van der Waals surface area contributed by atoms with E-state index in [4.69, 9.17) is 0 Å². The summed E-state index contributed by atoms with van der Waals surface area (Å²) in [7, 11) is 0. The Bertz CT molecular complexity index is 763. The van der Waals surface area contributed by atoms with E-state index in [1.807, 2.05) is 12.1 Å². The van der Waals surface area contributed by atoms with Crippen molar-refractivity contribution in [1.29, 1.82) is 0 Å². The first-order valence-electron chi connectivity index (χ1n) is 9.02. The highest BCUT2D eigenvalue weighted by molar-refractivity contribution is 6.07. The molecule has 1 atom stereocenters. The lowest BCUT2D eigenvalue weighted by molar-refractivity contribution is -0.132. The van der Waals surface area contributed by atoms with Gasteiger partial charge in [-0.15, -0.1) is 0 Å². The first-order chi connectivity index (χ1) is 12.1. The van der Waals surface area contributed by atoms with Crippen molar-refractivity contribution in [1.82, 2.24) is 4.90 Å². The highest BCUT2D eigenvalue weighted by Crippen LogP contribution is 2.34. The third-order valence-electron chi connectivity index (χ3n) is 5.17. The second-order valence-corrected chi connectivity index (χ2v) is 7.74. The molecule has 0 spiro atoms. The van der Waals surface area contributed by atoms with Gasteiger partial charge in [-0.1, -0.05) is 32.9 Å². The van der Waals surface area contributed by atoms with Crippen molar-refractivity contribution in [2.45, 2.75) is 59.4 Å². The number of benzene rings is 1. The summed E-state index contributed by atoms with van der Waals surface area (Å²) in [6, 6.07) is 5.51. The molecule has 0 saturated heterocycles. The van der Waals surface area contributed by atoms with Crippen LogP contribution in [0.2, 0.25) is 0 Å². The average molecular weight is 357 g/mol. The predicted molar refractivity (Wildman–Crippen MR) is 99.0 cm³/mol. The second kappa shape index (κ2) is 7.52. The molecular formula is C21H27NO4. The van der Waals surface area contributed by atoms with Crippen LogP contribution in [0.3, 0.4) is 0 Å². The fourth-order valence-electron chi connectivity index (χ4n) is 3.64. The SMILES string of the molecule is CCC(=O)C(CC(=O)c1ccc2c(c1)CN(C(C)=O)CC2(C)C)C(C)=O. The Morgan fingerprint density at radius 3 is 2.35 bits per heavy atom. The van der Waals surface area contributed by atoms with Gasteiger partial charge in [0.05, 0.1) is 5.92 Å². The number of nitrogens with zero attached hydrogens (tertiary/aromatic N) is 1. The van der Waals surface area contributed by atoms with Gasteiger partial charge in [0.2, 0.25) is 5.91 Å². The third kappa shape index (κ3) is 4.09. The van der Waals surface area contributed by atoms with E-state index in [0.717, 1.165) is 11.1 Å². The highest BCUT2D eigenvalue weighted by Gasteiger charge is 2.33. The van der Waals surface area contributed by atoms with Crippen LogP contribution in [0, 0.1) is 5.92 Å². The quantitative estimate of drug-likeness (QED) is 0.579. The molecule has 0 fully saturated rings. The molecular weight excluding hydrogens is 330 g/mol. The molecule has 140 valence electrons. The molecule has 0 radical (unpaired) electrons. The van der Waals surface area contributed by atoms with Gasteiger partial charge in [-0.05, 0) is 24.1 Å². The largest absolute Gasteiger partial charge is 0.338 e. The van der Waals surface area contributed by atoms with Crippen LogP contribution in [-0.4, -0.2) is 34.7 Å². The Kier molecular flexibility index (Phi) is 5.79. The molecule has 0 aromatic heterocycles. The van der Waals surface area contributed by atoms with Gasteiger partial charge in [0.1, 0.15) is 11.6 Å². The first kappa shape index (κ1) is 20.0. The van der Waals surface area contributed by atoms with E-state index in [2.05, 4.69) is 13.8 Å². The molecule has 0 bridgehead atoms. The van der Waals surface area contributed by atoms with E-state index in [0.29, 0.717) is 18.7 Å². The Labute approximate surface area is 154 Å². The van der Waals surface area contributed by atoms with Crippen LogP contribution in [0.4, 0.5) is 0 Å². The summed E-state index contributed by atoms with van der Waals surface area (Å²) in [4.78, 5) is 49.9. The zero-order chi connectivity index (χ0) is 19.6. The minimum atomic E-state index is -0.867. The lowest BCUT2D eigenvalue weighted by Crippen LogP contribution is -2.44. The smallest absolute Gasteiger partial charge is 0.219 e. The molecule has 1 aliphatic heterocycles. The maximum atomic E-state index is 12.7. The molecule has 1 heterocycles. The van der Waals surface area contributed by atoms with Crippen LogP contribution >= 0.6 is 0 Å². The number of carbonyl (C=O) groups is 4. The first-order valence-corrected chi connectivity index (χ1v) is 9.02. The van der Waals surface area contributed by atoms with Crippen LogP contribution in [0.1, 0.15) is 68.9 Å². The monoisotopic (exact) mass is 357 g/mol.